The van der Waals surface area contributed by atoms with Gasteiger partial charge in [0.2, 0.25) is 0 Å². The molecule has 0 bridgehead atoms. The summed E-state index contributed by atoms with van der Waals surface area (Å²) in [5, 5.41) is 0.0466. The van der Waals surface area contributed by atoms with Gasteiger partial charge in [-0.25, -0.2) is 4.79 Å². The number of hydrogen-bond donors (Lipinski definition) is 2. The zero-order valence-corrected chi connectivity index (χ0v) is 15.2. The van der Waals surface area contributed by atoms with E-state index in [0.717, 1.165) is 10.5 Å². The van der Waals surface area contributed by atoms with Gasteiger partial charge in [-0.2, -0.15) is 0 Å². The fourth-order valence-electron chi connectivity index (χ4n) is 2.73. The number of rotatable bonds is 5. The van der Waals surface area contributed by atoms with Gasteiger partial charge in [0.25, 0.3) is 11.5 Å². The molecule has 1 amide bonds. The maximum absolute atomic E-state index is 12.7. The van der Waals surface area contributed by atoms with E-state index in [0.29, 0.717) is 0 Å². The van der Waals surface area contributed by atoms with Crippen molar-refractivity contribution in [3.63, 3.8) is 0 Å². The van der Waals surface area contributed by atoms with E-state index in [1.807, 2.05) is 30.3 Å². The summed E-state index contributed by atoms with van der Waals surface area (Å²) in [5.41, 5.74) is 5.41. The number of nitrogens with two attached hydrogens (primary N) is 1. The predicted molar refractivity (Wildman–Crippen MR) is 102 cm³/mol. The minimum absolute atomic E-state index is 0.0403. The Morgan fingerprint density at radius 3 is 2.52 bits per heavy atom. The zero-order chi connectivity index (χ0) is 19.6. The van der Waals surface area contributed by atoms with Crippen LogP contribution in [0.4, 0.5) is 11.5 Å². The van der Waals surface area contributed by atoms with Crippen LogP contribution in [0, 0.1) is 0 Å². The van der Waals surface area contributed by atoms with Crippen LogP contribution in [0.15, 0.2) is 56.5 Å². The van der Waals surface area contributed by atoms with Crippen LogP contribution in [0.3, 0.4) is 0 Å². The first kappa shape index (κ1) is 18.5. The van der Waals surface area contributed by atoms with Crippen molar-refractivity contribution >= 4 is 29.0 Å². The van der Waals surface area contributed by atoms with Gasteiger partial charge in [0.15, 0.2) is 16.7 Å². The molecule has 3 rings (SSSR count). The molecule has 0 fully saturated rings. The number of aromatic nitrogens is 2. The molecule has 2 heterocycles. The quantitative estimate of drug-likeness (QED) is 0.694. The Morgan fingerprint density at radius 1 is 1.22 bits per heavy atom. The molecule has 0 unspecified atom stereocenters. The smallest absolute Gasteiger partial charge is 0.330 e. The third-order valence-electron chi connectivity index (χ3n) is 4.01. The van der Waals surface area contributed by atoms with E-state index in [2.05, 4.69) is 4.98 Å². The first-order valence-electron chi connectivity index (χ1n) is 8.16. The second-order valence-corrected chi connectivity index (χ2v) is 6.09. The maximum Gasteiger partial charge on any atom is 0.330 e. The lowest BCUT2D eigenvalue weighted by molar-refractivity contribution is 0.0961. The molecule has 0 aliphatic carbocycles. The second-order valence-electron chi connectivity index (χ2n) is 5.72. The van der Waals surface area contributed by atoms with E-state index in [-0.39, 0.29) is 35.6 Å². The molecule has 140 valence electrons. The number of aromatic amines is 1. The summed E-state index contributed by atoms with van der Waals surface area (Å²) in [6.45, 7) is 1.95. The molecule has 3 aromatic rings. The van der Waals surface area contributed by atoms with Crippen molar-refractivity contribution in [1.29, 1.82) is 0 Å². The highest BCUT2D eigenvalue weighted by Crippen LogP contribution is 2.22. The highest BCUT2D eigenvalue weighted by atomic mass is 35.5. The van der Waals surface area contributed by atoms with Gasteiger partial charge >= 0.3 is 5.69 Å². The van der Waals surface area contributed by atoms with Gasteiger partial charge in [-0.15, -0.1) is 0 Å². The van der Waals surface area contributed by atoms with Crippen LogP contribution >= 0.6 is 11.6 Å². The second kappa shape index (κ2) is 7.55. The van der Waals surface area contributed by atoms with E-state index in [1.54, 1.807) is 6.92 Å². The molecule has 0 aliphatic rings. The van der Waals surface area contributed by atoms with Gasteiger partial charge in [0.1, 0.15) is 5.82 Å². The van der Waals surface area contributed by atoms with Crippen LogP contribution in [-0.2, 0) is 6.54 Å². The van der Waals surface area contributed by atoms with Crippen LogP contribution in [0.2, 0.25) is 5.22 Å². The van der Waals surface area contributed by atoms with Gasteiger partial charge in [0.05, 0.1) is 6.54 Å². The third-order valence-corrected chi connectivity index (χ3v) is 4.22. The Kier molecular flexibility index (Phi) is 5.18. The summed E-state index contributed by atoms with van der Waals surface area (Å²) in [6, 6.07) is 12.0. The fraction of sp³-hybridized carbons (Fsp3) is 0.167. The Balaban J connectivity index is 2.08. The molecule has 2 aromatic heterocycles. The molecule has 8 nitrogen and oxygen atoms in total. The molecule has 0 radical (unpaired) electrons. The SMILES string of the molecule is CCN(C(=O)c1ccc(Cl)o1)c1c(N)n(Cc2ccccc2)c(=O)[nH]c1=O. The van der Waals surface area contributed by atoms with Crippen molar-refractivity contribution in [3.8, 4) is 0 Å². The highest BCUT2D eigenvalue weighted by Gasteiger charge is 2.26. The van der Waals surface area contributed by atoms with E-state index < -0.39 is 17.2 Å². The van der Waals surface area contributed by atoms with Gasteiger partial charge in [-0.3, -0.25) is 24.0 Å². The van der Waals surface area contributed by atoms with Crippen LogP contribution < -0.4 is 21.9 Å². The average Bonchev–Trinajstić information content (AvgIpc) is 3.09. The van der Waals surface area contributed by atoms with E-state index in [9.17, 15) is 14.4 Å². The van der Waals surface area contributed by atoms with Crippen LogP contribution in [0.25, 0.3) is 0 Å². The molecule has 1 aromatic carbocycles. The molecule has 0 spiro atoms. The van der Waals surface area contributed by atoms with E-state index >= 15 is 0 Å². The summed E-state index contributed by atoms with van der Waals surface area (Å²) in [5.74, 6) is -0.742. The Labute approximate surface area is 158 Å². The number of benzene rings is 1. The van der Waals surface area contributed by atoms with Crippen molar-refractivity contribution < 1.29 is 9.21 Å². The van der Waals surface area contributed by atoms with Crippen molar-refractivity contribution in [1.82, 2.24) is 9.55 Å². The number of H-pyrrole nitrogens is 1. The molecule has 27 heavy (non-hydrogen) atoms. The van der Waals surface area contributed by atoms with Crippen LogP contribution in [0.5, 0.6) is 0 Å². The Bertz CT molecular complexity index is 1080. The molecule has 0 atom stereocenters. The Morgan fingerprint density at radius 2 is 1.93 bits per heavy atom. The highest BCUT2D eigenvalue weighted by molar-refractivity contribution is 6.29. The summed E-state index contributed by atoms with van der Waals surface area (Å²) < 4.78 is 6.34. The number of nitrogen functional groups attached to an aromatic ring is 1. The summed E-state index contributed by atoms with van der Waals surface area (Å²) in [4.78, 5) is 40.8. The first-order valence-corrected chi connectivity index (χ1v) is 8.54. The summed E-state index contributed by atoms with van der Waals surface area (Å²) >= 11 is 5.72. The number of halogens is 1. The lowest BCUT2D eigenvalue weighted by atomic mass is 10.2. The lowest BCUT2D eigenvalue weighted by Gasteiger charge is -2.22. The molecule has 0 saturated heterocycles. The summed E-state index contributed by atoms with van der Waals surface area (Å²) in [6.07, 6.45) is 0. The Hall–Kier alpha value is -3.26. The number of amides is 1. The van der Waals surface area contributed by atoms with Gasteiger partial charge in [-0.1, -0.05) is 30.3 Å². The van der Waals surface area contributed by atoms with E-state index in [1.165, 1.54) is 16.7 Å². The molecule has 9 heteroatoms. The first-order chi connectivity index (χ1) is 12.9. The standard InChI is InChI=1S/C18H17ClN4O4/c1-2-22(17(25)12-8-9-13(19)27-12)14-15(20)23(18(26)21-16(14)24)10-11-6-4-3-5-7-11/h3-9H,2,10,20H2,1H3,(H,21,24,26). The molecular formula is C18H17ClN4O4. The minimum atomic E-state index is -0.755. The van der Waals surface area contributed by atoms with E-state index in [4.69, 9.17) is 21.8 Å². The van der Waals surface area contributed by atoms with Crippen LogP contribution in [-0.4, -0.2) is 22.0 Å². The minimum Gasteiger partial charge on any atom is -0.440 e. The topological polar surface area (TPSA) is 114 Å². The van der Waals surface area contributed by atoms with Gasteiger partial charge in [-0.05, 0) is 36.2 Å². The monoisotopic (exact) mass is 388 g/mol. The van der Waals surface area contributed by atoms with Crippen molar-refractivity contribution in [2.45, 2.75) is 13.5 Å². The average molecular weight is 389 g/mol. The maximum atomic E-state index is 12.7. The number of anilines is 2. The number of carbonyl (C=O) groups excluding carboxylic acids is 1. The van der Waals surface area contributed by atoms with Crippen molar-refractivity contribution in [2.24, 2.45) is 0 Å². The normalized spacial score (nSPS) is 10.7. The molecular weight excluding hydrogens is 372 g/mol. The number of carbonyl (C=O) groups is 1. The fourth-order valence-corrected chi connectivity index (χ4v) is 2.87. The largest absolute Gasteiger partial charge is 0.440 e. The number of hydrogen-bond acceptors (Lipinski definition) is 5. The zero-order valence-electron chi connectivity index (χ0n) is 14.4. The third kappa shape index (κ3) is 3.65. The van der Waals surface area contributed by atoms with Gasteiger partial charge in [0, 0.05) is 6.54 Å². The molecule has 3 N–H and O–H groups in total. The molecule has 0 aliphatic heterocycles. The lowest BCUT2D eigenvalue weighted by Crippen LogP contribution is -2.41. The van der Waals surface area contributed by atoms with Crippen molar-refractivity contribution in [3.05, 3.63) is 79.8 Å². The number of furan rings is 1. The number of nitrogens with one attached hydrogen (secondary N) is 1. The van der Waals surface area contributed by atoms with Gasteiger partial charge < -0.3 is 10.2 Å². The molecule has 0 saturated carbocycles. The summed E-state index contributed by atoms with van der Waals surface area (Å²) in [7, 11) is 0. The van der Waals surface area contributed by atoms with Crippen molar-refractivity contribution in [2.75, 3.05) is 17.2 Å². The number of nitrogens with zero attached hydrogens (tertiary/aromatic N) is 2. The van der Waals surface area contributed by atoms with Crippen LogP contribution in [0.1, 0.15) is 23.0 Å². The predicted octanol–water partition coefficient (Wildman–Crippen LogP) is 2.08.